The van der Waals surface area contributed by atoms with Crippen molar-refractivity contribution in [3.63, 3.8) is 0 Å². The molecule has 1 aliphatic heterocycles. The summed E-state index contributed by atoms with van der Waals surface area (Å²) in [7, 11) is -3.64. The summed E-state index contributed by atoms with van der Waals surface area (Å²) in [6, 6.07) is 1.90. The van der Waals surface area contributed by atoms with Gasteiger partial charge >= 0.3 is 6.03 Å². The van der Waals surface area contributed by atoms with E-state index in [1.165, 1.54) is 35.1 Å². The lowest BCUT2D eigenvalue weighted by molar-refractivity contribution is 0.252. The number of hydrogen-bond acceptors (Lipinski definition) is 4. The topological polar surface area (TPSA) is 78.5 Å². The first-order valence-corrected chi connectivity index (χ1v) is 12.3. The summed E-state index contributed by atoms with van der Waals surface area (Å²) in [5, 5.41) is 2.90. The van der Waals surface area contributed by atoms with Crippen molar-refractivity contribution in [3.05, 3.63) is 28.3 Å². The molecule has 0 bridgehead atoms. The largest absolute Gasteiger partial charge is 0.332 e. The van der Waals surface area contributed by atoms with Gasteiger partial charge in [-0.2, -0.15) is 0 Å². The summed E-state index contributed by atoms with van der Waals surface area (Å²) in [6.45, 7) is 4.15. The molecule has 1 fully saturated rings. The molecule has 1 saturated heterocycles. The maximum Gasteiger partial charge on any atom is 0.332 e. The van der Waals surface area contributed by atoms with Crippen LogP contribution in [0.15, 0.2) is 6.07 Å². The van der Waals surface area contributed by atoms with Crippen LogP contribution in [-0.2, 0) is 35.7 Å². The van der Waals surface area contributed by atoms with Gasteiger partial charge in [-0.3, -0.25) is 0 Å². The van der Waals surface area contributed by atoms with Gasteiger partial charge in [0.2, 0.25) is 10.0 Å². The van der Waals surface area contributed by atoms with E-state index >= 15 is 0 Å². The van der Waals surface area contributed by atoms with Gasteiger partial charge in [0.05, 0.1) is 5.75 Å². The molecule has 0 aromatic heterocycles. The lowest BCUT2D eigenvalue weighted by Gasteiger charge is -2.23. The van der Waals surface area contributed by atoms with Crippen molar-refractivity contribution in [1.29, 1.82) is 0 Å². The number of amides is 2. The van der Waals surface area contributed by atoms with Crippen molar-refractivity contribution >= 4 is 21.7 Å². The summed E-state index contributed by atoms with van der Waals surface area (Å²) in [4.78, 5) is 14.8. The van der Waals surface area contributed by atoms with E-state index in [1.54, 1.807) is 0 Å². The fourth-order valence-corrected chi connectivity index (χ4v) is 6.08. The van der Waals surface area contributed by atoms with E-state index in [0.717, 1.165) is 57.3 Å². The van der Waals surface area contributed by atoms with Crippen molar-refractivity contribution in [3.8, 4) is 0 Å². The molecule has 2 aliphatic carbocycles. The molecule has 154 valence electrons. The van der Waals surface area contributed by atoms with Gasteiger partial charge in [-0.1, -0.05) is 6.07 Å². The number of fused-ring (bicyclic) bond motifs is 2. The summed E-state index contributed by atoms with van der Waals surface area (Å²) >= 11 is 0. The van der Waals surface area contributed by atoms with Crippen molar-refractivity contribution in [2.24, 2.45) is 0 Å². The van der Waals surface area contributed by atoms with E-state index < -0.39 is 16.1 Å². The van der Waals surface area contributed by atoms with Gasteiger partial charge in [-0.15, -0.1) is 0 Å². The average molecular weight is 406 g/mol. The highest BCUT2D eigenvalue weighted by Crippen LogP contribution is 2.38. The number of nitrogens with zero attached hydrogens (tertiary/aromatic N) is 1. The SMILES string of the molecule is CC(CCS(=O)(=O)NC(=O)Nc1c2c(cc3c1CCC3)CCC2)N1CCCC1. The summed E-state index contributed by atoms with van der Waals surface area (Å²) in [5.41, 5.74) is 5.92. The van der Waals surface area contributed by atoms with Gasteiger partial charge in [0.1, 0.15) is 0 Å². The number of carbonyl (C=O) groups excluding carboxylic acids is 1. The minimum absolute atomic E-state index is 0.0247. The Labute approximate surface area is 168 Å². The highest BCUT2D eigenvalue weighted by Gasteiger charge is 2.26. The van der Waals surface area contributed by atoms with E-state index in [-0.39, 0.29) is 11.8 Å². The Morgan fingerprint density at radius 1 is 1.04 bits per heavy atom. The first-order valence-electron chi connectivity index (χ1n) is 10.6. The molecule has 2 amide bonds. The minimum Gasteiger partial charge on any atom is -0.307 e. The van der Waals surface area contributed by atoms with E-state index in [1.807, 2.05) is 0 Å². The number of anilines is 1. The van der Waals surface area contributed by atoms with Gasteiger partial charge in [0, 0.05) is 11.7 Å². The van der Waals surface area contributed by atoms with Gasteiger partial charge in [-0.25, -0.2) is 17.9 Å². The summed E-state index contributed by atoms with van der Waals surface area (Å²) < 4.78 is 27.1. The molecule has 28 heavy (non-hydrogen) atoms. The number of rotatable bonds is 6. The van der Waals surface area contributed by atoms with E-state index in [0.29, 0.717) is 6.42 Å². The normalized spacial score (nSPS) is 20.0. The molecule has 1 aromatic carbocycles. The van der Waals surface area contributed by atoms with Crippen molar-refractivity contribution in [1.82, 2.24) is 9.62 Å². The molecule has 0 saturated carbocycles. The second-order valence-electron chi connectivity index (χ2n) is 8.49. The number of sulfonamides is 1. The lowest BCUT2D eigenvalue weighted by atomic mass is 9.99. The number of aryl methyl sites for hydroxylation is 2. The highest BCUT2D eigenvalue weighted by atomic mass is 32.2. The molecule has 6 nitrogen and oxygen atoms in total. The third-order valence-electron chi connectivity index (χ3n) is 6.53. The standard InChI is InChI=1S/C21H31N3O3S/c1-15(24-11-2-3-12-24)10-13-28(26,27)23-21(25)22-20-18-8-4-6-16(18)14-17-7-5-9-19(17)20/h14-15H,2-13H2,1H3,(H2,22,23,25). The number of hydrogen-bond donors (Lipinski definition) is 2. The Bertz CT molecular complexity index is 828. The van der Waals surface area contributed by atoms with Crippen molar-refractivity contribution < 1.29 is 13.2 Å². The molecule has 1 heterocycles. The third kappa shape index (κ3) is 4.20. The Morgan fingerprint density at radius 3 is 2.25 bits per heavy atom. The van der Waals surface area contributed by atoms with Crippen LogP contribution in [0.4, 0.5) is 10.5 Å². The lowest BCUT2D eigenvalue weighted by Crippen LogP contribution is -2.38. The van der Waals surface area contributed by atoms with Crippen LogP contribution in [0.1, 0.15) is 61.3 Å². The maximum atomic E-state index is 12.5. The predicted octanol–water partition coefficient (Wildman–Crippen LogP) is 2.99. The van der Waals surface area contributed by atoms with E-state index in [9.17, 15) is 13.2 Å². The van der Waals surface area contributed by atoms with Crippen LogP contribution in [0.2, 0.25) is 0 Å². The fourth-order valence-electron chi connectivity index (χ4n) is 4.99. The van der Waals surface area contributed by atoms with Crippen LogP contribution in [0.25, 0.3) is 0 Å². The molecular weight excluding hydrogens is 374 g/mol. The van der Waals surface area contributed by atoms with Gasteiger partial charge < -0.3 is 10.2 Å². The molecular formula is C21H31N3O3S. The van der Waals surface area contributed by atoms with Crippen LogP contribution in [0.5, 0.6) is 0 Å². The Kier molecular flexibility index (Phi) is 5.65. The molecule has 0 spiro atoms. The molecule has 2 N–H and O–H groups in total. The molecule has 0 radical (unpaired) electrons. The minimum atomic E-state index is -3.64. The van der Waals surface area contributed by atoms with Crippen LogP contribution in [0.3, 0.4) is 0 Å². The molecule has 7 heteroatoms. The molecule has 1 unspecified atom stereocenters. The number of benzene rings is 1. The quantitative estimate of drug-likeness (QED) is 0.763. The first kappa shape index (κ1) is 19.7. The monoisotopic (exact) mass is 405 g/mol. The number of nitrogens with one attached hydrogen (secondary N) is 2. The van der Waals surface area contributed by atoms with Crippen LogP contribution >= 0.6 is 0 Å². The highest BCUT2D eigenvalue weighted by molar-refractivity contribution is 7.90. The smallest absolute Gasteiger partial charge is 0.307 e. The van der Waals surface area contributed by atoms with E-state index in [4.69, 9.17) is 0 Å². The first-order chi connectivity index (χ1) is 13.4. The summed E-state index contributed by atoms with van der Waals surface area (Å²) in [6.07, 6.45) is 9.11. The fraction of sp³-hybridized carbons (Fsp3) is 0.667. The second kappa shape index (κ2) is 8.03. The predicted molar refractivity (Wildman–Crippen MR) is 111 cm³/mol. The molecule has 3 aliphatic rings. The zero-order valence-electron chi connectivity index (χ0n) is 16.7. The van der Waals surface area contributed by atoms with Crippen LogP contribution in [0, 0.1) is 0 Å². The number of likely N-dealkylation sites (tertiary alicyclic amines) is 1. The number of urea groups is 1. The third-order valence-corrected chi connectivity index (χ3v) is 7.80. The summed E-state index contributed by atoms with van der Waals surface area (Å²) in [5.74, 6) is -0.0247. The maximum absolute atomic E-state index is 12.5. The van der Waals surface area contributed by atoms with Crippen molar-refractivity contribution in [2.75, 3.05) is 24.2 Å². The second-order valence-corrected chi connectivity index (χ2v) is 10.3. The molecule has 1 atom stereocenters. The Balaban J connectivity index is 1.39. The Morgan fingerprint density at radius 2 is 1.64 bits per heavy atom. The number of carbonyl (C=O) groups is 1. The van der Waals surface area contributed by atoms with Crippen molar-refractivity contribution in [2.45, 2.75) is 70.8 Å². The van der Waals surface area contributed by atoms with Crippen LogP contribution < -0.4 is 10.0 Å². The van der Waals surface area contributed by atoms with Gasteiger partial charge in [0.25, 0.3) is 0 Å². The Hall–Kier alpha value is -1.60. The zero-order chi connectivity index (χ0) is 19.7. The molecule has 1 aromatic rings. The molecule has 4 rings (SSSR count). The van der Waals surface area contributed by atoms with E-state index in [2.05, 4.69) is 27.9 Å². The zero-order valence-corrected chi connectivity index (χ0v) is 17.5. The van der Waals surface area contributed by atoms with Crippen LogP contribution in [-0.4, -0.2) is 44.2 Å². The van der Waals surface area contributed by atoms with Gasteiger partial charge in [-0.05, 0) is 100 Å². The van der Waals surface area contributed by atoms with Gasteiger partial charge in [0.15, 0.2) is 0 Å². The average Bonchev–Trinajstić information content (AvgIpc) is 3.39.